The van der Waals surface area contributed by atoms with Crippen molar-refractivity contribution in [3.8, 4) is 17.2 Å². The predicted octanol–water partition coefficient (Wildman–Crippen LogP) is 6.13. The van der Waals surface area contributed by atoms with Crippen LogP contribution in [0.1, 0.15) is 28.2 Å². The average Bonchev–Trinajstić information content (AvgIpc) is 3.95. The van der Waals surface area contributed by atoms with E-state index in [-0.39, 0.29) is 24.2 Å². The first-order valence-electron chi connectivity index (χ1n) is 15.4. The van der Waals surface area contributed by atoms with Crippen molar-refractivity contribution < 1.29 is 38.0 Å². The van der Waals surface area contributed by atoms with Gasteiger partial charge in [-0.05, 0) is 72.1 Å². The van der Waals surface area contributed by atoms with Crippen LogP contribution in [0.3, 0.4) is 0 Å². The van der Waals surface area contributed by atoms with E-state index in [1.54, 1.807) is 25.1 Å². The van der Waals surface area contributed by atoms with Crippen molar-refractivity contribution in [2.75, 3.05) is 39.6 Å². The number of hydrogen-bond donors (Lipinski definition) is 0. The molecule has 0 aromatic heterocycles. The molecule has 0 bridgehead atoms. The number of rotatable bonds is 14. The van der Waals surface area contributed by atoms with Crippen molar-refractivity contribution >= 4 is 23.5 Å². The molecule has 4 aromatic carbocycles. The van der Waals surface area contributed by atoms with Crippen LogP contribution in [-0.4, -0.2) is 70.1 Å². The van der Waals surface area contributed by atoms with E-state index in [2.05, 4.69) is 46.4 Å². The van der Waals surface area contributed by atoms with Gasteiger partial charge in [0.05, 0.1) is 31.2 Å². The number of hydrogen-bond acceptors (Lipinski definition) is 10. The Morgan fingerprint density at radius 2 is 0.915 bits per heavy atom. The fourth-order valence-corrected chi connectivity index (χ4v) is 4.86. The van der Waals surface area contributed by atoms with Crippen LogP contribution in [0.4, 0.5) is 11.4 Å². The van der Waals surface area contributed by atoms with Crippen molar-refractivity contribution in [3.63, 3.8) is 0 Å². The molecule has 47 heavy (non-hydrogen) atoms. The molecule has 3 aliphatic rings. The summed E-state index contributed by atoms with van der Waals surface area (Å²) >= 11 is 0. The summed E-state index contributed by atoms with van der Waals surface area (Å²) in [6.45, 7) is 5.89. The van der Waals surface area contributed by atoms with E-state index in [4.69, 9.17) is 28.4 Å². The highest BCUT2D eigenvalue weighted by molar-refractivity contribution is 5.64. The lowest BCUT2D eigenvalue weighted by atomic mass is 9.85. The number of benzene rings is 4. The van der Waals surface area contributed by atoms with Crippen LogP contribution >= 0.6 is 0 Å². The second-order valence-corrected chi connectivity index (χ2v) is 11.3. The minimum Gasteiger partial charge on any atom is -0.491 e. The van der Waals surface area contributed by atoms with E-state index in [1.807, 2.05) is 36.4 Å². The molecule has 3 atom stereocenters. The first-order valence-corrected chi connectivity index (χ1v) is 15.4. The van der Waals surface area contributed by atoms with Gasteiger partial charge in [-0.3, -0.25) is 0 Å². The third-order valence-electron chi connectivity index (χ3n) is 7.76. The highest BCUT2D eigenvalue weighted by Gasteiger charge is 2.25. The molecule has 0 amide bonds. The minimum absolute atomic E-state index is 0.0717. The summed E-state index contributed by atoms with van der Waals surface area (Å²) in [5.41, 5.74) is 5.16. The van der Waals surface area contributed by atoms with Gasteiger partial charge in [0.2, 0.25) is 12.2 Å². The molecule has 10 heteroatoms. The average molecular weight is 635 g/mol. The van der Waals surface area contributed by atoms with Gasteiger partial charge in [-0.2, -0.15) is 9.98 Å². The van der Waals surface area contributed by atoms with Crippen molar-refractivity contribution in [1.29, 1.82) is 0 Å². The van der Waals surface area contributed by atoms with Crippen molar-refractivity contribution in [3.05, 3.63) is 113 Å². The van der Waals surface area contributed by atoms with Crippen molar-refractivity contribution in [2.45, 2.75) is 31.2 Å². The molecular formula is C37H34N2O8. The highest BCUT2D eigenvalue weighted by Crippen LogP contribution is 2.35. The number of ether oxygens (including phenoxy) is 6. The Hall–Kier alpha value is -5.08. The Balaban J connectivity index is 0.000000251. The van der Waals surface area contributed by atoms with Gasteiger partial charge in [-0.25, -0.2) is 9.59 Å². The first-order chi connectivity index (χ1) is 23.1. The van der Waals surface area contributed by atoms with Crippen LogP contribution in [-0.2, 0) is 23.8 Å². The summed E-state index contributed by atoms with van der Waals surface area (Å²) in [6.07, 6.45) is 3.59. The van der Waals surface area contributed by atoms with E-state index in [0.29, 0.717) is 36.8 Å². The van der Waals surface area contributed by atoms with E-state index in [9.17, 15) is 9.59 Å². The Labute approximate surface area is 272 Å². The zero-order chi connectivity index (χ0) is 32.4. The van der Waals surface area contributed by atoms with Crippen LogP contribution in [0.5, 0.6) is 17.2 Å². The van der Waals surface area contributed by atoms with Gasteiger partial charge in [-0.15, -0.1) is 0 Å². The summed E-state index contributed by atoms with van der Waals surface area (Å²) in [6, 6.07) is 30.0. The van der Waals surface area contributed by atoms with E-state index < -0.39 is 0 Å². The third-order valence-corrected chi connectivity index (χ3v) is 7.76. The lowest BCUT2D eigenvalue weighted by Crippen LogP contribution is -2.07. The minimum atomic E-state index is 0.0717. The molecule has 7 rings (SSSR count). The van der Waals surface area contributed by atoms with Gasteiger partial charge >= 0.3 is 0 Å². The van der Waals surface area contributed by atoms with Crippen LogP contribution in [0.25, 0.3) is 0 Å². The van der Waals surface area contributed by atoms with Gasteiger partial charge < -0.3 is 28.4 Å². The molecule has 0 radical (unpaired) electrons. The Kier molecular flexibility index (Phi) is 10.5. The van der Waals surface area contributed by atoms with Gasteiger partial charge in [-0.1, -0.05) is 42.5 Å². The second kappa shape index (κ2) is 15.5. The standard InChI is InChI=1S/C28H28O6.C9H6N2O2/c1-7-22(29-13-25-16-32-25)8-2-19(1)28(20-3-9-23(10-4-20)30-14-26-17-33-26)21-5-11-24(12-6-21)31-15-27-18-34-27;1-7-8(10-5-12)3-2-4-9(7)11-6-13/h1-12,25-28H,13-18H2;2-4H,1H3. The monoisotopic (exact) mass is 634 g/mol. The molecule has 0 aliphatic carbocycles. The van der Waals surface area contributed by atoms with Crippen LogP contribution in [0.15, 0.2) is 101 Å². The molecule has 240 valence electrons. The smallest absolute Gasteiger partial charge is 0.240 e. The molecule has 3 fully saturated rings. The SMILES string of the molecule is Cc1c(N=C=O)cccc1N=C=O.c1cc(C(c2ccc(OCC3CO3)cc2)c2ccc(OCC3CO3)cc2)ccc1OCC1CO1. The molecule has 0 N–H and O–H groups in total. The molecule has 0 spiro atoms. The van der Waals surface area contributed by atoms with E-state index >= 15 is 0 Å². The maximum Gasteiger partial charge on any atom is 0.240 e. The normalized spacial score (nSPS) is 19.0. The summed E-state index contributed by atoms with van der Waals surface area (Å²) in [7, 11) is 0. The maximum absolute atomic E-state index is 10.00. The third kappa shape index (κ3) is 9.47. The fraction of sp³-hybridized carbons (Fsp3) is 0.297. The maximum atomic E-state index is 10.00. The first kappa shape index (κ1) is 31.9. The molecular weight excluding hydrogens is 600 g/mol. The van der Waals surface area contributed by atoms with Gasteiger partial charge in [0.25, 0.3) is 0 Å². The second-order valence-electron chi connectivity index (χ2n) is 11.3. The van der Waals surface area contributed by atoms with Gasteiger partial charge in [0, 0.05) is 11.5 Å². The predicted molar refractivity (Wildman–Crippen MR) is 173 cm³/mol. The topological polar surface area (TPSA) is 124 Å². The quantitative estimate of drug-likeness (QED) is 0.0703. The molecule has 4 aromatic rings. The Morgan fingerprint density at radius 3 is 1.19 bits per heavy atom. The Bertz CT molecular complexity index is 1540. The van der Waals surface area contributed by atoms with E-state index in [1.165, 1.54) is 28.9 Å². The number of isocyanates is 2. The van der Waals surface area contributed by atoms with Crippen LogP contribution in [0, 0.1) is 6.92 Å². The summed E-state index contributed by atoms with van der Waals surface area (Å²) in [5.74, 6) is 2.64. The van der Waals surface area contributed by atoms with E-state index in [0.717, 1.165) is 37.1 Å². The fourth-order valence-electron chi connectivity index (χ4n) is 4.86. The lowest BCUT2D eigenvalue weighted by Gasteiger charge is -2.20. The van der Waals surface area contributed by atoms with Crippen molar-refractivity contribution in [2.24, 2.45) is 9.98 Å². The zero-order valence-corrected chi connectivity index (χ0v) is 25.9. The molecule has 0 saturated carbocycles. The number of carbonyl (C=O) groups excluding carboxylic acids is 2. The molecule has 3 unspecified atom stereocenters. The number of aliphatic imine (C=N–C) groups is 2. The summed E-state index contributed by atoms with van der Waals surface area (Å²) < 4.78 is 33.2. The van der Waals surface area contributed by atoms with Crippen LogP contribution < -0.4 is 14.2 Å². The molecule has 3 heterocycles. The van der Waals surface area contributed by atoms with Crippen LogP contribution in [0.2, 0.25) is 0 Å². The lowest BCUT2D eigenvalue weighted by molar-refractivity contribution is 0.263. The summed E-state index contributed by atoms with van der Waals surface area (Å²) in [4.78, 5) is 26.9. The molecule has 3 aliphatic heterocycles. The highest BCUT2D eigenvalue weighted by atomic mass is 16.6. The zero-order valence-electron chi connectivity index (χ0n) is 25.9. The Morgan fingerprint density at radius 1 is 0.596 bits per heavy atom. The summed E-state index contributed by atoms with van der Waals surface area (Å²) in [5, 5.41) is 0. The number of nitrogens with zero attached hydrogens (tertiary/aromatic N) is 2. The van der Waals surface area contributed by atoms with Crippen molar-refractivity contribution in [1.82, 2.24) is 0 Å². The van der Waals surface area contributed by atoms with Gasteiger partial charge in [0.15, 0.2) is 0 Å². The largest absolute Gasteiger partial charge is 0.491 e. The molecule has 10 nitrogen and oxygen atoms in total. The van der Waals surface area contributed by atoms with Gasteiger partial charge in [0.1, 0.15) is 55.4 Å². The molecule has 3 saturated heterocycles. The number of epoxide rings is 3.